The lowest BCUT2D eigenvalue weighted by atomic mass is 9.91. The van der Waals surface area contributed by atoms with E-state index in [0.717, 1.165) is 0 Å². The molecule has 94 heavy (non-hydrogen) atoms. The molecule has 7 aliphatic heterocycles. The lowest BCUT2D eigenvalue weighted by molar-refractivity contribution is -0.415. The molecule has 7 rings (SSSR count). The standard InChI is InChI=1S/C48H83O45P/c49-2-9(55)31-22(65)21(64)28(71)44(83-31)90-39-24(67)23(66)32(10(56)3-50)84-46(39)89-38-30(73)45(87-36-14(93-94(77,78)79)1-48(76,47(74)75)92-35(36)13(59)6-53)86-34(12(58)5-52)40(38)91-43-27(70)20(63)18(61)16(82-43)8-80-41-29(72)25(68)37(33(85-41)11(57)4-51)88-42-26(69)19(62)17(60)15(7-54)81-42/h9-46,49-73,76H,1-8H2,(H,74,75)(H2,77,78,79)/t9-,10-,11+,12-,13+,14+,15+,16+,17-,18+,19-,20-,21-,22-,23-,24-,25+,26+,27+,28-,29-,30-,31+,32+,33+,34+,35+,36+,37-,38+,39-,40+,41-,42-,43-,44+,45+,46+,48?/m0/s1. The van der Waals surface area contributed by atoms with Gasteiger partial charge >= 0.3 is 13.8 Å². The Morgan fingerprint density at radius 1 is 0.404 bits per heavy atom. The number of carbonyl (C=O) groups is 1. The van der Waals surface area contributed by atoms with Gasteiger partial charge in [-0.15, -0.1) is 0 Å². The van der Waals surface area contributed by atoms with E-state index in [9.17, 15) is 157 Å². The maximum absolute atomic E-state index is 12.5. The van der Waals surface area contributed by atoms with Crippen LogP contribution in [-0.4, -0.2) is 439 Å². The van der Waals surface area contributed by atoms with Gasteiger partial charge in [0.15, 0.2) is 37.7 Å². The minimum absolute atomic E-state index is 0.955. The topological polar surface area (TPSA) is 750 Å². The number of hydrogen-bond donors (Lipinski definition) is 29. The number of rotatable bonds is 27. The number of phosphoric ester groups is 1. The van der Waals surface area contributed by atoms with Crippen molar-refractivity contribution >= 4 is 13.8 Å². The number of phosphoric acid groups is 1. The molecule has 7 heterocycles. The van der Waals surface area contributed by atoms with Crippen molar-refractivity contribution in [3.8, 4) is 0 Å². The molecule has 7 fully saturated rings. The molecule has 0 aromatic rings. The fourth-order valence-electron chi connectivity index (χ4n) is 11.4. The summed E-state index contributed by atoms with van der Waals surface area (Å²) in [5.74, 6) is -5.83. The summed E-state index contributed by atoms with van der Waals surface area (Å²) in [7, 11) is -5.90. The van der Waals surface area contributed by atoms with Crippen LogP contribution in [0.5, 0.6) is 0 Å². The highest BCUT2D eigenvalue weighted by atomic mass is 31.2. The number of carboxylic acid groups (broad SMARTS) is 1. The van der Waals surface area contributed by atoms with Gasteiger partial charge in [-0.2, -0.15) is 0 Å². The zero-order valence-corrected chi connectivity index (χ0v) is 49.4. The molecule has 7 aliphatic rings. The van der Waals surface area contributed by atoms with E-state index >= 15 is 0 Å². The molecule has 0 aromatic carbocycles. The number of aliphatic hydroxyl groups is 26. The highest BCUT2D eigenvalue weighted by Crippen LogP contribution is 2.46. The monoisotopic (exact) mass is 1410 g/mol. The first-order valence-corrected chi connectivity index (χ1v) is 30.3. The van der Waals surface area contributed by atoms with Gasteiger partial charge in [-0.3, -0.25) is 4.52 Å². The van der Waals surface area contributed by atoms with Gasteiger partial charge in [-0.25, -0.2) is 9.36 Å². The summed E-state index contributed by atoms with van der Waals surface area (Å²) < 4.78 is 90.9. The Balaban J connectivity index is 1.26. The van der Waals surface area contributed by atoms with Crippen LogP contribution in [-0.2, 0) is 75.5 Å². The van der Waals surface area contributed by atoms with Crippen LogP contribution in [0.2, 0.25) is 0 Å². The first-order valence-electron chi connectivity index (χ1n) is 28.8. The largest absolute Gasteiger partial charge is 0.477 e. The fraction of sp³-hybridized carbons (Fsp3) is 0.979. The zero-order chi connectivity index (χ0) is 70.1. The van der Waals surface area contributed by atoms with E-state index in [0.29, 0.717) is 0 Å². The SMILES string of the molecule is O=C(O)C1(O)C[C@@H](OP(=O)(O)O)[C@@H](O[C@H]2O[C@H]([C@@H](O)CO)[C@@H](O[C@@H]3O[C@H](CO[C@H]4O[C@H]([C@H](O)CO)[C@@H](O[C@@H]5O[C@H](CO)[C@H](O)[C@H](O)[C@H]5O)[C@H](O)[C@@H]4O)[C@@H](O)[C@H](O)[C@H]3O)[C@H](O[C@H]3O[C@H]([C@@H](O)CO)[C@@H](O)[C@H](O)[C@@H]3O[C@H]3O[C@H]([C@@H](O)CO)[C@@H](O)[C@H](O)[C@@H]3O)[C@@H]2O)[C@@H]([C@H](O)CO)O1. The maximum atomic E-state index is 12.5. The Morgan fingerprint density at radius 3 is 1.28 bits per heavy atom. The number of ether oxygens (including phenoxy) is 13. The number of aliphatic hydroxyl groups excluding tert-OH is 25. The van der Waals surface area contributed by atoms with E-state index in [1.165, 1.54) is 0 Å². The average molecular weight is 1410 g/mol. The Bertz CT molecular complexity index is 2390. The highest BCUT2D eigenvalue weighted by Gasteiger charge is 2.62. The van der Waals surface area contributed by atoms with Crippen LogP contribution in [0.3, 0.4) is 0 Å². The number of aliphatic carboxylic acids is 1. The van der Waals surface area contributed by atoms with Crippen molar-refractivity contribution < 1.29 is 223 Å². The third-order valence-corrected chi connectivity index (χ3v) is 17.2. The van der Waals surface area contributed by atoms with E-state index in [4.69, 9.17) is 66.1 Å². The first-order chi connectivity index (χ1) is 44.0. The third kappa shape index (κ3) is 17.1. The summed E-state index contributed by atoms with van der Waals surface area (Å²) in [6.45, 7) is -8.73. The lowest BCUT2D eigenvalue weighted by Crippen LogP contribution is -2.70. The molecule has 29 N–H and O–H groups in total. The average Bonchev–Trinajstić information content (AvgIpc) is 0.762. The zero-order valence-electron chi connectivity index (χ0n) is 48.5. The Labute approximate surface area is 527 Å². The molecule has 0 radical (unpaired) electrons. The van der Waals surface area contributed by atoms with Gasteiger partial charge in [0.1, 0.15) is 195 Å². The second kappa shape index (κ2) is 33.2. The summed E-state index contributed by atoms with van der Waals surface area (Å²) in [6, 6.07) is 0. The van der Waals surface area contributed by atoms with Crippen molar-refractivity contribution in [2.45, 2.75) is 245 Å². The predicted molar refractivity (Wildman–Crippen MR) is 278 cm³/mol. The summed E-state index contributed by atoms with van der Waals surface area (Å²) in [6.07, 6.45) is -90.3. The quantitative estimate of drug-likeness (QED) is 0.0340. The highest BCUT2D eigenvalue weighted by molar-refractivity contribution is 7.46. The Kier molecular flexibility index (Phi) is 28.0. The van der Waals surface area contributed by atoms with Crippen LogP contribution < -0.4 is 0 Å². The molecule has 0 bridgehead atoms. The van der Waals surface area contributed by atoms with Crippen LogP contribution in [0.25, 0.3) is 0 Å². The van der Waals surface area contributed by atoms with Gasteiger partial charge < -0.3 is 209 Å². The fourth-order valence-corrected chi connectivity index (χ4v) is 12.0. The van der Waals surface area contributed by atoms with Crippen LogP contribution >= 0.6 is 7.82 Å². The van der Waals surface area contributed by atoms with E-state index in [1.807, 2.05) is 0 Å². The van der Waals surface area contributed by atoms with E-state index < -0.39 is 305 Å². The first kappa shape index (κ1) is 79.3. The van der Waals surface area contributed by atoms with Crippen LogP contribution in [0.15, 0.2) is 0 Å². The molecule has 550 valence electrons. The normalized spacial score (nSPS) is 48.3. The molecule has 0 saturated carbocycles. The van der Waals surface area contributed by atoms with Crippen LogP contribution in [0, 0.1) is 0 Å². The van der Waals surface area contributed by atoms with Gasteiger partial charge in [0.05, 0.1) is 46.2 Å². The summed E-state index contributed by atoms with van der Waals surface area (Å²) in [4.78, 5) is 32.2. The van der Waals surface area contributed by atoms with E-state index in [-0.39, 0.29) is 0 Å². The third-order valence-electron chi connectivity index (χ3n) is 16.7. The molecule has 0 aliphatic carbocycles. The summed E-state index contributed by atoms with van der Waals surface area (Å²) in [5, 5.41) is 291. The Morgan fingerprint density at radius 2 is 0.766 bits per heavy atom. The second-order valence-electron chi connectivity index (χ2n) is 23.1. The van der Waals surface area contributed by atoms with Crippen molar-refractivity contribution in [2.75, 3.05) is 46.2 Å². The van der Waals surface area contributed by atoms with Gasteiger partial charge in [-0.05, 0) is 0 Å². The maximum Gasteiger partial charge on any atom is 0.469 e. The molecular formula is C48H83O45P. The van der Waals surface area contributed by atoms with Gasteiger partial charge in [0, 0.05) is 6.42 Å². The second-order valence-corrected chi connectivity index (χ2v) is 24.3. The van der Waals surface area contributed by atoms with Crippen molar-refractivity contribution in [2.24, 2.45) is 0 Å². The smallest absolute Gasteiger partial charge is 0.469 e. The molecule has 0 spiro atoms. The van der Waals surface area contributed by atoms with Gasteiger partial charge in [0.25, 0.3) is 5.79 Å². The minimum Gasteiger partial charge on any atom is -0.477 e. The van der Waals surface area contributed by atoms with Crippen LogP contribution in [0.4, 0.5) is 0 Å². The molecule has 39 atom stereocenters. The molecule has 7 saturated heterocycles. The van der Waals surface area contributed by atoms with Crippen molar-refractivity contribution in [3.05, 3.63) is 0 Å². The van der Waals surface area contributed by atoms with Crippen molar-refractivity contribution in [1.29, 1.82) is 0 Å². The van der Waals surface area contributed by atoms with Crippen molar-refractivity contribution in [3.63, 3.8) is 0 Å². The Hall–Kier alpha value is -1.98. The molecule has 46 heteroatoms. The summed E-state index contributed by atoms with van der Waals surface area (Å²) >= 11 is 0. The van der Waals surface area contributed by atoms with Crippen molar-refractivity contribution in [1.82, 2.24) is 0 Å². The predicted octanol–water partition coefficient (Wildman–Crippen LogP) is -18.9. The molecule has 0 amide bonds. The van der Waals surface area contributed by atoms with E-state index in [2.05, 4.69) is 0 Å². The van der Waals surface area contributed by atoms with Gasteiger partial charge in [0.2, 0.25) is 0 Å². The molecule has 45 nitrogen and oxygen atoms in total. The number of carboxylic acids is 1. The van der Waals surface area contributed by atoms with E-state index in [1.54, 1.807) is 0 Å². The molecular weight excluding hydrogens is 1330 g/mol. The minimum atomic E-state index is -5.90. The summed E-state index contributed by atoms with van der Waals surface area (Å²) in [5.41, 5.74) is 0. The number of hydrogen-bond acceptors (Lipinski definition) is 42. The molecule has 0 aromatic heterocycles. The van der Waals surface area contributed by atoms with Crippen LogP contribution in [0.1, 0.15) is 6.42 Å². The molecule has 1 unspecified atom stereocenters. The lowest BCUT2D eigenvalue weighted by Gasteiger charge is -2.52. The van der Waals surface area contributed by atoms with Gasteiger partial charge in [-0.1, -0.05) is 0 Å².